The molecular weight excluding hydrogens is 272 g/mol. The molecule has 0 unspecified atom stereocenters. The Morgan fingerprint density at radius 2 is 1.89 bits per heavy atom. The SMILES string of the molecule is Cn1c(N)c(NC2CCS(=O)(=O)CC2)c(=O)[nH]c1=O. The van der Waals surface area contributed by atoms with Gasteiger partial charge in [0.15, 0.2) is 0 Å². The summed E-state index contributed by atoms with van der Waals surface area (Å²) in [5, 5.41) is 2.93. The van der Waals surface area contributed by atoms with E-state index in [4.69, 9.17) is 5.73 Å². The molecule has 0 aliphatic carbocycles. The fourth-order valence-electron chi connectivity index (χ4n) is 2.01. The van der Waals surface area contributed by atoms with Crippen LogP contribution in [0.3, 0.4) is 0 Å². The van der Waals surface area contributed by atoms with Gasteiger partial charge in [0, 0.05) is 13.1 Å². The van der Waals surface area contributed by atoms with Crippen molar-refractivity contribution in [2.45, 2.75) is 18.9 Å². The fourth-order valence-corrected chi connectivity index (χ4v) is 3.51. The molecule has 4 N–H and O–H groups in total. The summed E-state index contributed by atoms with van der Waals surface area (Å²) in [6, 6.07) is -0.135. The average Bonchev–Trinajstić information content (AvgIpc) is 2.34. The molecular formula is C10H16N4O4S. The molecule has 19 heavy (non-hydrogen) atoms. The van der Waals surface area contributed by atoms with Crippen molar-refractivity contribution in [1.29, 1.82) is 0 Å². The lowest BCUT2D eigenvalue weighted by Gasteiger charge is -2.24. The third kappa shape index (κ3) is 2.80. The first-order chi connectivity index (χ1) is 8.80. The summed E-state index contributed by atoms with van der Waals surface area (Å²) in [6.45, 7) is 0. The number of nitrogens with one attached hydrogen (secondary N) is 2. The van der Waals surface area contributed by atoms with E-state index in [1.165, 1.54) is 7.05 Å². The van der Waals surface area contributed by atoms with Crippen LogP contribution < -0.4 is 22.3 Å². The number of nitrogen functional groups attached to an aromatic ring is 1. The van der Waals surface area contributed by atoms with Gasteiger partial charge in [0.1, 0.15) is 21.3 Å². The Hall–Kier alpha value is -1.77. The van der Waals surface area contributed by atoms with Crippen LogP contribution in [-0.4, -0.2) is 35.5 Å². The van der Waals surface area contributed by atoms with Crippen LogP contribution in [0.1, 0.15) is 12.8 Å². The van der Waals surface area contributed by atoms with E-state index < -0.39 is 21.1 Å². The van der Waals surface area contributed by atoms with Gasteiger partial charge >= 0.3 is 5.69 Å². The summed E-state index contributed by atoms with van der Waals surface area (Å²) >= 11 is 0. The molecule has 0 aromatic carbocycles. The van der Waals surface area contributed by atoms with Crippen LogP contribution in [0.25, 0.3) is 0 Å². The van der Waals surface area contributed by atoms with Gasteiger partial charge in [0.25, 0.3) is 5.56 Å². The van der Waals surface area contributed by atoms with Gasteiger partial charge in [-0.3, -0.25) is 14.3 Å². The lowest BCUT2D eigenvalue weighted by atomic mass is 10.1. The van der Waals surface area contributed by atoms with Crippen LogP contribution in [0.15, 0.2) is 9.59 Å². The van der Waals surface area contributed by atoms with E-state index in [2.05, 4.69) is 10.3 Å². The first kappa shape index (κ1) is 13.7. The second-order valence-electron chi connectivity index (χ2n) is 4.65. The predicted molar refractivity (Wildman–Crippen MR) is 72.0 cm³/mol. The summed E-state index contributed by atoms with van der Waals surface area (Å²) in [5.74, 6) is 0.227. The topological polar surface area (TPSA) is 127 Å². The number of nitrogens with zero attached hydrogens (tertiary/aromatic N) is 1. The number of hydrogen-bond donors (Lipinski definition) is 3. The lowest BCUT2D eigenvalue weighted by molar-refractivity contribution is 0.559. The zero-order valence-corrected chi connectivity index (χ0v) is 11.3. The van der Waals surface area contributed by atoms with E-state index in [1.807, 2.05) is 0 Å². The second kappa shape index (κ2) is 4.72. The second-order valence-corrected chi connectivity index (χ2v) is 6.95. The van der Waals surface area contributed by atoms with Crippen molar-refractivity contribution >= 4 is 21.3 Å². The Labute approximate surface area is 109 Å². The maximum absolute atomic E-state index is 11.7. The molecule has 2 rings (SSSR count). The molecule has 1 aromatic rings. The summed E-state index contributed by atoms with van der Waals surface area (Å²) in [5.41, 5.74) is 4.66. The summed E-state index contributed by atoms with van der Waals surface area (Å²) < 4.78 is 23.8. The van der Waals surface area contributed by atoms with Crippen molar-refractivity contribution in [3.05, 3.63) is 20.8 Å². The van der Waals surface area contributed by atoms with E-state index in [-0.39, 0.29) is 29.1 Å². The Kier molecular flexibility index (Phi) is 3.40. The van der Waals surface area contributed by atoms with Gasteiger partial charge in [-0.1, -0.05) is 0 Å². The number of aromatic amines is 1. The zero-order chi connectivity index (χ0) is 14.2. The molecule has 0 radical (unpaired) electrons. The van der Waals surface area contributed by atoms with Crippen molar-refractivity contribution in [3.8, 4) is 0 Å². The summed E-state index contributed by atoms with van der Waals surface area (Å²) in [7, 11) is -1.51. The van der Waals surface area contributed by atoms with Crippen LogP contribution >= 0.6 is 0 Å². The van der Waals surface area contributed by atoms with Crippen molar-refractivity contribution in [2.75, 3.05) is 22.6 Å². The largest absolute Gasteiger partial charge is 0.383 e. The fraction of sp³-hybridized carbons (Fsp3) is 0.600. The van der Waals surface area contributed by atoms with Crippen LogP contribution in [0, 0.1) is 0 Å². The van der Waals surface area contributed by atoms with Crippen molar-refractivity contribution in [1.82, 2.24) is 9.55 Å². The molecule has 0 spiro atoms. The summed E-state index contributed by atoms with van der Waals surface area (Å²) in [6.07, 6.45) is 0.841. The van der Waals surface area contributed by atoms with Gasteiger partial charge in [0.2, 0.25) is 0 Å². The maximum atomic E-state index is 11.7. The lowest BCUT2D eigenvalue weighted by Crippen LogP contribution is -2.37. The Morgan fingerprint density at radius 3 is 2.47 bits per heavy atom. The number of hydrogen-bond acceptors (Lipinski definition) is 6. The molecule has 0 amide bonds. The van der Waals surface area contributed by atoms with Crippen molar-refractivity contribution < 1.29 is 8.42 Å². The maximum Gasteiger partial charge on any atom is 0.329 e. The molecule has 9 heteroatoms. The molecule has 1 aliphatic heterocycles. The van der Waals surface area contributed by atoms with Crippen LogP contribution in [-0.2, 0) is 16.9 Å². The minimum Gasteiger partial charge on any atom is -0.383 e. The van der Waals surface area contributed by atoms with E-state index in [0.717, 1.165) is 4.57 Å². The molecule has 1 saturated heterocycles. The minimum atomic E-state index is -2.96. The number of sulfone groups is 1. The first-order valence-corrected chi connectivity index (χ1v) is 7.68. The summed E-state index contributed by atoms with van der Waals surface area (Å²) in [4.78, 5) is 25.1. The molecule has 0 bridgehead atoms. The monoisotopic (exact) mass is 288 g/mol. The van der Waals surface area contributed by atoms with E-state index in [1.54, 1.807) is 0 Å². The van der Waals surface area contributed by atoms with Crippen molar-refractivity contribution in [3.63, 3.8) is 0 Å². The number of rotatable bonds is 2. The normalized spacial score (nSPS) is 19.2. The molecule has 2 heterocycles. The Balaban J connectivity index is 2.24. The van der Waals surface area contributed by atoms with E-state index in [0.29, 0.717) is 12.8 Å². The average molecular weight is 288 g/mol. The number of H-pyrrole nitrogens is 1. The quantitative estimate of drug-likeness (QED) is 0.617. The van der Waals surface area contributed by atoms with Gasteiger partial charge in [-0.25, -0.2) is 13.2 Å². The first-order valence-electron chi connectivity index (χ1n) is 5.86. The molecule has 1 fully saturated rings. The highest BCUT2D eigenvalue weighted by Crippen LogP contribution is 2.18. The third-order valence-electron chi connectivity index (χ3n) is 3.27. The molecule has 106 valence electrons. The van der Waals surface area contributed by atoms with Gasteiger partial charge in [-0.2, -0.15) is 0 Å². The standard InChI is InChI=1S/C10H16N4O4S/c1-14-8(11)7(9(15)13-10(14)16)12-6-2-4-19(17,18)5-3-6/h6,12H,2-5,11H2,1H3,(H,13,15,16). The molecule has 1 aliphatic rings. The molecule has 0 atom stereocenters. The molecule has 1 aromatic heterocycles. The predicted octanol–water partition coefficient (Wildman–Crippen LogP) is -1.36. The smallest absolute Gasteiger partial charge is 0.329 e. The third-order valence-corrected chi connectivity index (χ3v) is 4.99. The van der Waals surface area contributed by atoms with Crippen LogP contribution in [0.4, 0.5) is 11.5 Å². The van der Waals surface area contributed by atoms with Gasteiger partial charge < -0.3 is 11.1 Å². The van der Waals surface area contributed by atoms with E-state index >= 15 is 0 Å². The Bertz CT molecular complexity index is 689. The van der Waals surface area contributed by atoms with Gasteiger partial charge in [-0.05, 0) is 12.8 Å². The van der Waals surface area contributed by atoms with Gasteiger partial charge in [-0.15, -0.1) is 0 Å². The van der Waals surface area contributed by atoms with Gasteiger partial charge in [0.05, 0.1) is 11.5 Å². The number of nitrogens with two attached hydrogens (primary N) is 1. The highest BCUT2D eigenvalue weighted by atomic mass is 32.2. The van der Waals surface area contributed by atoms with Crippen molar-refractivity contribution in [2.24, 2.45) is 7.05 Å². The highest BCUT2D eigenvalue weighted by Gasteiger charge is 2.24. The molecule has 8 nitrogen and oxygen atoms in total. The number of aromatic nitrogens is 2. The van der Waals surface area contributed by atoms with Crippen LogP contribution in [0.2, 0.25) is 0 Å². The molecule has 0 saturated carbocycles. The minimum absolute atomic E-state index is 0.0437. The number of anilines is 2. The Morgan fingerprint density at radius 1 is 1.32 bits per heavy atom. The zero-order valence-electron chi connectivity index (χ0n) is 10.5. The highest BCUT2D eigenvalue weighted by molar-refractivity contribution is 7.91. The van der Waals surface area contributed by atoms with E-state index in [9.17, 15) is 18.0 Å². The van der Waals surface area contributed by atoms with Crippen LogP contribution in [0.5, 0.6) is 0 Å².